The zero-order valence-electron chi connectivity index (χ0n) is 23.2. The second kappa shape index (κ2) is 16.2. The molecule has 0 atom stereocenters. The quantitative estimate of drug-likeness (QED) is 0.0977. The molecule has 0 amide bonds. The lowest BCUT2D eigenvalue weighted by Crippen LogP contribution is -2.34. The highest BCUT2D eigenvalue weighted by Crippen LogP contribution is 2.25. The molecule has 0 aliphatic heterocycles. The Labute approximate surface area is 222 Å². The van der Waals surface area contributed by atoms with Gasteiger partial charge in [0.2, 0.25) is 0 Å². The van der Waals surface area contributed by atoms with E-state index in [2.05, 4.69) is 13.8 Å². The Balaban J connectivity index is 1.84. The molecule has 0 bridgehead atoms. The molecular weight excluding hydrogens is 468 g/mol. The summed E-state index contributed by atoms with van der Waals surface area (Å²) in [4.78, 5) is 45.5. The smallest absolute Gasteiger partial charge is 0.290 e. The Bertz CT molecular complexity index is 856. The molecule has 6 heteroatoms. The number of hydrogen-bond donors (Lipinski definition) is 0. The van der Waals surface area contributed by atoms with Crippen molar-refractivity contribution < 1.29 is 29.1 Å². The third kappa shape index (κ3) is 11.5. The first-order valence-electron chi connectivity index (χ1n) is 13.7. The highest BCUT2D eigenvalue weighted by Gasteiger charge is 2.32. The third-order valence-corrected chi connectivity index (χ3v) is 6.15. The van der Waals surface area contributed by atoms with Gasteiger partial charge in [-0.3, -0.25) is 9.78 Å². The largest absolute Gasteiger partial charge is 0.373 e. The second-order valence-corrected chi connectivity index (χ2v) is 10.6. The fraction of sp³-hybridized carbons (Fsp3) is 0.548. The van der Waals surface area contributed by atoms with Crippen LogP contribution in [0.25, 0.3) is 0 Å². The summed E-state index contributed by atoms with van der Waals surface area (Å²) in [5, 5.41) is 0. The molecule has 204 valence electrons. The van der Waals surface area contributed by atoms with Crippen LogP contribution >= 0.6 is 0 Å². The molecule has 0 N–H and O–H groups in total. The van der Waals surface area contributed by atoms with E-state index < -0.39 is 23.6 Å². The summed E-state index contributed by atoms with van der Waals surface area (Å²) in [6, 6.07) is 14.6. The predicted octanol–water partition coefficient (Wildman–Crippen LogP) is 8.18. The number of carbonyl (C=O) groups is 2. The van der Waals surface area contributed by atoms with Crippen molar-refractivity contribution in [2.75, 3.05) is 0 Å². The summed E-state index contributed by atoms with van der Waals surface area (Å²) in [5.74, 6) is -1.28. The fourth-order valence-electron chi connectivity index (χ4n) is 3.70. The first kappa shape index (κ1) is 30.5. The van der Waals surface area contributed by atoms with Gasteiger partial charge < -0.3 is 0 Å². The van der Waals surface area contributed by atoms with Crippen molar-refractivity contribution in [1.29, 1.82) is 0 Å². The lowest BCUT2D eigenvalue weighted by molar-refractivity contribution is -0.442. The molecule has 0 saturated heterocycles. The highest BCUT2D eigenvalue weighted by atomic mass is 17.3. The van der Waals surface area contributed by atoms with E-state index in [9.17, 15) is 9.59 Å². The van der Waals surface area contributed by atoms with Gasteiger partial charge in [0, 0.05) is 5.41 Å². The lowest BCUT2D eigenvalue weighted by atomic mass is 9.96. The Kier molecular flexibility index (Phi) is 13.4. The minimum Gasteiger partial charge on any atom is -0.290 e. The van der Waals surface area contributed by atoms with E-state index in [1.165, 1.54) is 49.7 Å². The van der Waals surface area contributed by atoms with Crippen LogP contribution in [0.15, 0.2) is 48.5 Å². The van der Waals surface area contributed by atoms with E-state index >= 15 is 0 Å². The number of carbonyl (C=O) groups excluding carboxylic acids is 2. The molecule has 0 aliphatic carbocycles. The minimum atomic E-state index is -1.11. The zero-order chi connectivity index (χ0) is 27.1. The molecule has 6 nitrogen and oxygen atoms in total. The van der Waals surface area contributed by atoms with Crippen LogP contribution < -0.4 is 0 Å². The summed E-state index contributed by atoms with van der Waals surface area (Å²) < 4.78 is 0. The van der Waals surface area contributed by atoms with Crippen LogP contribution in [0.5, 0.6) is 0 Å². The average Bonchev–Trinajstić information content (AvgIpc) is 2.88. The molecule has 2 aromatic carbocycles. The van der Waals surface area contributed by atoms with E-state index in [0.29, 0.717) is 11.1 Å². The normalized spacial score (nSPS) is 11.5. The summed E-state index contributed by atoms with van der Waals surface area (Å²) in [6.45, 7) is 9.84. The van der Waals surface area contributed by atoms with Gasteiger partial charge in [-0.05, 0) is 61.1 Å². The Hall–Kier alpha value is -2.70. The van der Waals surface area contributed by atoms with Crippen molar-refractivity contribution in [3.63, 3.8) is 0 Å². The SMILES string of the molecule is CCCCCCc1ccc(C(=O)OOC(OOC(=O)c2ccc(CCCCCC)cc2)C(C)(C)C)cc1. The molecule has 0 radical (unpaired) electrons. The van der Waals surface area contributed by atoms with Crippen molar-refractivity contribution in [3.05, 3.63) is 70.8 Å². The van der Waals surface area contributed by atoms with Gasteiger partial charge in [0.1, 0.15) is 0 Å². The topological polar surface area (TPSA) is 71.1 Å². The van der Waals surface area contributed by atoms with Crippen LogP contribution in [-0.4, -0.2) is 18.2 Å². The molecular formula is C31H44O6. The maximum absolute atomic E-state index is 12.5. The van der Waals surface area contributed by atoms with Crippen LogP contribution in [0.1, 0.15) is 118 Å². The lowest BCUT2D eigenvalue weighted by Gasteiger charge is -2.26. The van der Waals surface area contributed by atoms with E-state index in [-0.39, 0.29) is 0 Å². The third-order valence-electron chi connectivity index (χ3n) is 6.15. The molecule has 0 aliphatic rings. The van der Waals surface area contributed by atoms with Gasteiger partial charge in [0.05, 0.1) is 11.1 Å². The van der Waals surface area contributed by atoms with Gasteiger partial charge in [-0.15, -0.1) is 9.78 Å². The van der Waals surface area contributed by atoms with Crippen LogP contribution in [0, 0.1) is 5.41 Å². The predicted molar refractivity (Wildman–Crippen MR) is 145 cm³/mol. The number of hydrogen-bond acceptors (Lipinski definition) is 6. The molecule has 2 aromatic rings. The number of aryl methyl sites for hydroxylation is 2. The molecule has 0 unspecified atom stereocenters. The number of rotatable bonds is 16. The van der Waals surface area contributed by atoms with Gasteiger partial charge in [0.25, 0.3) is 6.29 Å². The molecule has 37 heavy (non-hydrogen) atoms. The zero-order valence-corrected chi connectivity index (χ0v) is 23.2. The standard InChI is InChI=1S/C31H44O6/c1-6-8-10-12-14-24-16-20-26(21-17-24)28(32)34-36-30(31(3,4)5)37-35-29(33)27-22-18-25(19-23-27)15-13-11-9-7-2/h16-23,30H,6-15H2,1-5H3. The number of unbranched alkanes of at least 4 members (excludes halogenated alkanes) is 6. The fourth-order valence-corrected chi connectivity index (χ4v) is 3.70. The van der Waals surface area contributed by atoms with Crippen LogP contribution in [-0.2, 0) is 32.4 Å². The van der Waals surface area contributed by atoms with Crippen LogP contribution in [0.2, 0.25) is 0 Å². The van der Waals surface area contributed by atoms with Gasteiger partial charge in [-0.2, -0.15) is 0 Å². The van der Waals surface area contributed by atoms with Crippen LogP contribution in [0.3, 0.4) is 0 Å². The van der Waals surface area contributed by atoms with E-state index in [4.69, 9.17) is 19.6 Å². The van der Waals surface area contributed by atoms with Crippen molar-refractivity contribution in [3.8, 4) is 0 Å². The van der Waals surface area contributed by atoms with E-state index in [1.54, 1.807) is 24.3 Å². The van der Waals surface area contributed by atoms with Crippen molar-refractivity contribution in [2.45, 2.75) is 105 Å². The van der Waals surface area contributed by atoms with Crippen LogP contribution in [0.4, 0.5) is 0 Å². The minimum absolute atomic E-state index is 0.372. The number of benzene rings is 2. The molecule has 0 saturated carbocycles. The van der Waals surface area contributed by atoms with Crippen molar-refractivity contribution >= 4 is 11.9 Å². The summed E-state index contributed by atoms with van der Waals surface area (Å²) in [5.41, 5.74) is 2.47. The van der Waals surface area contributed by atoms with E-state index in [0.717, 1.165) is 25.7 Å². The Morgan fingerprint density at radius 2 is 1.00 bits per heavy atom. The maximum atomic E-state index is 12.5. The van der Waals surface area contributed by atoms with Gasteiger partial charge in [-0.25, -0.2) is 9.59 Å². The molecule has 2 rings (SSSR count). The molecule has 0 spiro atoms. The van der Waals surface area contributed by atoms with Gasteiger partial charge in [0.15, 0.2) is 0 Å². The van der Waals surface area contributed by atoms with Gasteiger partial charge >= 0.3 is 11.9 Å². The molecule has 0 heterocycles. The Morgan fingerprint density at radius 3 is 1.32 bits per heavy atom. The second-order valence-electron chi connectivity index (χ2n) is 10.6. The first-order chi connectivity index (χ1) is 17.7. The summed E-state index contributed by atoms with van der Waals surface area (Å²) >= 11 is 0. The maximum Gasteiger partial charge on any atom is 0.373 e. The van der Waals surface area contributed by atoms with Crippen molar-refractivity contribution in [2.24, 2.45) is 5.41 Å². The van der Waals surface area contributed by atoms with Crippen molar-refractivity contribution in [1.82, 2.24) is 0 Å². The molecule has 0 aromatic heterocycles. The first-order valence-corrected chi connectivity index (χ1v) is 13.7. The Morgan fingerprint density at radius 1 is 0.622 bits per heavy atom. The summed E-state index contributed by atoms with van der Waals surface area (Å²) in [6.07, 6.45) is 10.4. The molecule has 0 fully saturated rings. The highest BCUT2D eigenvalue weighted by molar-refractivity contribution is 5.89. The van der Waals surface area contributed by atoms with E-state index in [1.807, 2.05) is 45.0 Å². The summed E-state index contributed by atoms with van der Waals surface area (Å²) in [7, 11) is 0. The average molecular weight is 513 g/mol. The van der Waals surface area contributed by atoms with Gasteiger partial charge in [-0.1, -0.05) is 97.4 Å². The monoisotopic (exact) mass is 512 g/mol.